The average molecular weight is 295 g/mol. The van der Waals surface area contributed by atoms with Crippen LogP contribution in [0.1, 0.15) is 48.3 Å². The van der Waals surface area contributed by atoms with Gasteiger partial charge in [0.15, 0.2) is 0 Å². The number of pyridine rings is 1. The lowest BCUT2D eigenvalue weighted by molar-refractivity contribution is 0.0522. The average Bonchev–Trinajstić information content (AvgIpc) is 2.41. The van der Waals surface area contributed by atoms with Gasteiger partial charge >= 0.3 is 5.97 Å². The molecule has 0 unspecified atom stereocenters. The SMILES string of the molecule is CCCCOCCn1c(C)c(C(=O)OCC)c(C)cc1=O. The molecule has 0 aliphatic heterocycles. The molecule has 118 valence electrons. The zero-order valence-electron chi connectivity index (χ0n) is 13.4. The van der Waals surface area contributed by atoms with Gasteiger partial charge < -0.3 is 14.0 Å². The Kier molecular flexibility index (Phi) is 7.15. The van der Waals surface area contributed by atoms with E-state index >= 15 is 0 Å². The van der Waals surface area contributed by atoms with Gasteiger partial charge in [-0.25, -0.2) is 4.79 Å². The van der Waals surface area contributed by atoms with E-state index in [1.807, 2.05) is 0 Å². The van der Waals surface area contributed by atoms with Gasteiger partial charge in [0, 0.05) is 24.9 Å². The fourth-order valence-electron chi connectivity index (χ4n) is 2.22. The second kappa shape index (κ2) is 8.62. The number of aromatic nitrogens is 1. The maximum absolute atomic E-state index is 12.1. The summed E-state index contributed by atoms with van der Waals surface area (Å²) in [6.07, 6.45) is 2.09. The van der Waals surface area contributed by atoms with E-state index in [1.165, 1.54) is 6.07 Å². The maximum atomic E-state index is 12.1. The van der Waals surface area contributed by atoms with Crippen LogP contribution in [-0.2, 0) is 16.0 Å². The normalized spacial score (nSPS) is 10.7. The van der Waals surface area contributed by atoms with E-state index in [-0.39, 0.29) is 11.5 Å². The Morgan fingerprint density at radius 1 is 1.24 bits per heavy atom. The number of hydrogen-bond acceptors (Lipinski definition) is 4. The molecule has 1 aromatic rings. The third-order valence-corrected chi connectivity index (χ3v) is 3.35. The van der Waals surface area contributed by atoms with Crippen molar-refractivity contribution >= 4 is 5.97 Å². The highest BCUT2D eigenvalue weighted by Gasteiger charge is 2.17. The van der Waals surface area contributed by atoms with Crippen LogP contribution in [0.5, 0.6) is 0 Å². The lowest BCUT2D eigenvalue weighted by Gasteiger charge is -2.15. The molecule has 0 N–H and O–H groups in total. The van der Waals surface area contributed by atoms with Crippen molar-refractivity contribution in [2.45, 2.75) is 47.1 Å². The van der Waals surface area contributed by atoms with Crippen LogP contribution in [0.25, 0.3) is 0 Å². The molecule has 1 rings (SSSR count). The Balaban J connectivity index is 2.91. The van der Waals surface area contributed by atoms with Crippen LogP contribution in [0, 0.1) is 13.8 Å². The van der Waals surface area contributed by atoms with Gasteiger partial charge in [-0.15, -0.1) is 0 Å². The third-order valence-electron chi connectivity index (χ3n) is 3.35. The molecule has 0 aliphatic carbocycles. The Morgan fingerprint density at radius 2 is 1.95 bits per heavy atom. The summed E-state index contributed by atoms with van der Waals surface area (Å²) in [6, 6.07) is 1.48. The number of unbranched alkanes of at least 4 members (excludes halogenated alkanes) is 1. The smallest absolute Gasteiger partial charge is 0.340 e. The van der Waals surface area contributed by atoms with Crippen molar-refractivity contribution in [1.82, 2.24) is 4.57 Å². The van der Waals surface area contributed by atoms with E-state index in [2.05, 4.69) is 6.92 Å². The van der Waals surface area contributed by atoms with Gasteiger partial charge in [0.1, 0.15) is 0 Å². The summed E-state index contributed by atoms with van der Waals surface area (Å²) >= 11 is 0. The number of carbonyl (C=O) groups excluding carboxylic acids is 1. The highest BCUT2D eigenvalue weighted by Crippen LogP contribution is 2.13. The Morgan fingerprint density at radius 3 is 2.57 bits per heavy atom. The second-order valence-corrected chi connectivity index (χ2v) is 4.96. The molecular weight excluding hydrogens is 270 g/mol. The topological polar surface area (TPSA) is 57.5 Å². The maximum Gasteiger partial charge on any atom is 0.340 e. The van der Waals surface area contributed by atoms with Crippen LogP contribution < -0.4 is 5.56 Å². The van der Waals surface area contributed by atoms with E-state index in [0.29, 0.717) is 43.2 Å². The molecule has 0 atom stereocenters. The monoisotopic (exact) mass is 295 g/mol. The van der Waals surface area contributed by atoms with Gasteiger partial charge in [0.2, 0.25) is 0 Å². The van der Waals surface area contributed by atoms with Crippen LogP contribution in [0.4, 0.5) is 0 Å². The van der Waals surface area contributed by atoms with Crippen LogP contribution in [-0.4, -0.2) is 30.4 Å². The lowest BCUT2D eigenvalue weighted by atomic mass is 10.1. The lowest BCUT2D eigenvalue weighted by Crippen LogP contribution is -2.27. The van der Waals surface area contributed by atoms with Crippen molar-refractivity contribution in [3.8, 4) is 0 Å². The minimum Gasteiger partial charge on any atom is -0.462 e. The number of hydrogen-bond donors (Lipinski definition) is 0. The molecule has 0 radical (unpaired) electrons. The number of rotatable bonds is 8. The first-order valence-electron chi connectivity index (χ1n) is 7.48. The number of aryl methyl sites for hydroxylation is 1. The predicted octanol–water partition coefficient (Wildman–Crippen LogP) is 2.46. The van der Waals surface area contributed by atoms with Crippen LogP contribution >= 0.6 is 0 Å². The largest absolute Gasteiger partial charge is 0.462 e. The third kappa shape index (κ3) is 4.70. The summed E-state index contributed by atoms with van der Waals surface area (Å²) in [5, 5.41) is 0. The van der Waals surface area contributed by atoms with Crippen molar-refractivity contribution in [3.63, 3.8) is 0 Å². The van der Waals surface area contributed by atoms with Gasteiger partial charge in [-0.1, -0.05) is 13.3 Å². The molecule has 1 aromatic heterocycles. The highest BCUT2D eigenvalue weighted by molar-refractivity contribution is 5.92. The van der Waals surface area contributed by atoms with Crippen molar-refractivity contribution < 1.29 is 14.3 Å². The molecule has 5 heteroatoms. The minimum atomic E-state index is -0.381. The molecule has 0 aliphatic rings. The first kappa shape index (κ1) is 17.4. The van der Waals surface area contributed by atoms with Crippen molar-refractivity contribution in [2.75, 3.05) is 19.8 Å². The van der Waals surface area contributed by atoms with E-state index < -0.39 is 0 Å². The van der Waals surface area contributed by atoms with Gasteiger partial charge in [0.05, 0.1) is 18.8 Å². The number of nitrogens with zero attached hydrogens (tertiary/aromatic N) is 1. The molecule has 0 saturated carbocycles. The van der Waals surface area contributed by atoms with Crippen LogP contribution in [0.15, 0.2) is 10.9 Å². The van der Waals surface area contributed by atoms with Crippen molar-refractivity contribution in [2.24, 2.45) is 0 Å². The van der Waals surface area contributed by atoms with Crippen molar-refractivity contribution in [3.05, 3.63) is 33.2 Å². The number of ether oxygens (including phenoxy) is 2. The van der Waals surface area contributed by atoms with Gasteiger partial charge in [-0.3, -0.25) is 4.79 Å². The molecule has 21 heavy (non-hydrogen) atoms. The summed E-state index contributed by atoms with van der Waals surface area (Å²) in [4.78, 5) is 24.1. The summed E-state index contributed by atoms with van der Waals surface area (Å²) in [7, 11) is 0. The van der Waals surface area contributed by atoms with Gasteiger partial charge in [0.25, 0.3) is 5.56 Å². The molecule has 5 nitrogen and oxygen atoms in total. The molecule has 0 amide bonds. The first-order valence-corrected chi connectivity index (χ1v) is 7.48. The zero-order chi connectivity index (χ0) is 15.8. The zero-order valence-corrected chi connectivity index (χ0v) is 13.4. The van der Waals surface area contributed by atoms with Gasteiger partial charge in [-0.2, -0.15) is 0 Å². The highest BCUT2D eigenvalue weighted by atomic mass is 16.5. The van der Waals surface area contributed by atoms with Crippen LogP contribution in [0.3, 0.4) is 0 Å². The summed E-state index contributed by atoms with van der Waals surface area (Å²) in [5.41, 5.74) is 1.65. The minimum absolute atomic E-state index is 0.114. The van der Waals surface area contributed by atoms with E-state index in [4.69, 9.17) is 9.47 Å². The van der Waals surface area contributed by atoms with E-state index in [9.17, 15) is 9.59 Å². The molecule has 0 fully saturated rings. The van der Waals surface area contributed by atoms with E-state index in [0.717, 1.165) is 12.8 Å². The number of esters is 1. The Bertz CT molecular complexity index is 534. The Hall–Kier alpha value is -1.62. The quantitative estimate of drug-likeness (QED) is 0.546. The van der Waals surface area contributed by atoms with Crippen LogP contribution in [0.2, 0.25) is 0 Å². The number of carbonyl (C=O) groups is 1. The molecular formula is C16H25NO4. The van der Waals surface area contributed by atoms with Crippen molar-refractivity contribution in [1.29, 1.82) is 0 Å². The molecule has 1 heterocycles. The predicted molar refractivity (Wildman–Crippen MR) is 81.9 cm³/mol. The molecule has 0 bridgehead atoms. The summed E-state index contributed by atoms with van der Waals surface area (Å²) in [6.45, 7) is 9.31. The Labute approximate surface area is 125 Å². The standard InChI is InChI=1S/C16H25NO4/c1-5-7-9-20-10-8-17-13(4)15(16(19)21-6-2)12(3)11-14(17)18/h11H,5-10H2,1-4H3. The molecule has 0 aromatic carbocycles. The van der Waals surface area contributed by atoms with Gasteiger partial charge in [-0.05, 0) is 32.8 Å². The summed E-state index contributed by atoms with van der Waals surface area (Å²) < 4.78 is 12.1. The fraction of sp³-hybridized carbons (Fsp3) is 0.625. The molecule has 0 saturated heterocycles. The second-order valence-electron chi connectivity index (χ2n) is 4.96. The van der Waals surface area contributed by atoms with E-state index in [1.54, 1.807) is 25.3 Å². The summed E-state index contributed by atoms with van der Waals surface area (Å²) in [5.74, 6) is -0.381. The fourth-order valence-corrected chi connectivity index (χ4v) is 2.22. The first-order chi connectivity index (χ1) is 10.0. The molecule has 0 spiro atoms.